The smallest absolute Gasteiger partial charge is 0.256 e. The summed E-state index contributed by atoms with van der Waals surface area (Å²) in [5.41, 5.74) is 1.69. The summed E-state index contributed by atoms with van der Waals surface area (Å²) in [4.78, 5) is 24.3. The van der Waals surface area contributed by atoms with Crippen molar-refractivity contribution in [3.63, 3.8) is 0 Å². The Morgan fingerprint density at radius 2 is 2.00 bits per heavy atom. The summed E-state index contributed by atoms with van der Waals surface area (Å²) >= 11 is 0. The zero-order chi connectivity index (χ0) is 14.7. The lowest BCUT2D eigenvalue weighted by Crippen LogP contribution is -2.13. The van der Waals surface area contributed by atoms with Crippen LogP contribution in [0.1, 0.15) is 15.9 Å². The first-order chi connectivity index (χ1) is 10.2. The maximum atomic E-state index is 12.1. The van der Waals surface area contributed by atoms with Crippen LogP contribution in [0.15, 0.2) is 55.4 Å². The summed E-state index contributed by atoms with van der Waals surface area (Å²) in [7, 11) is 0. The molecule has 21 heavy (non-hydrogen) atoms. The van der Waals surface area contributed by atoms with E-state index < -0.39 is 0 Å². The summed E-state index contributed by atoms with van der Waals surface area (Å²) in [6.07, 6.45) is 6.47. The van der Waals surface area contributed by atoms with E-state index >= 15 is 0 Å². The van der Waals surface area contributed by atoms with E-state index in [0.717, 1.165) is 5.56 Å². The number of nitrogens with one attached hydrogen (secondary N) is 1. The van der Waals surface area contributed by atoms with Crippen LogP contribution in [0, 0.1) is 6.92 Å². The van der Waals surface area contributed by atoms with Crippen molar-refractivity contribution < 1.29 is 4.79 Å². The van der Waals surface area contributed by atoms with Gasteiger partial charge in [-0.05, 0) is 19.1 Å². The molecule has 6 nitrogen and oxygen atoms in total. The second kappa shape index (κ2) is 5.54. The Balaban J connectivity index is 1.80. The minimum Gasteiger partial charge on any atom is -0.306 e. The number of aromatic nitrogens is 4. The first kappa shape index (κ1) is 13.0. The summed E-state index contributed by atoms with van der Waals surface area (Å²) in [5, 5.41) is 2.76. The number of rotatable bonds is 3. The second-order valence-corrected chi connectivity index (χ2v) is 4.55. The fraction of sp³-hybridized carbons (Fsp3) is 0.0667. The lowest BCUT2D eigenvalue weighted by Gasteiger charge is -2.06. The van der Waals surface area contributed by atoms with Crippen LogP contribution >= 0.6 is 0 Å². The molecule has 0 saturated heterocycles. The molecule has 3 rings (SSSR count). The Morgan fingerprint density at radius 1 is 1.19 bits per heavy atom. The Morgan fingerprint density at radius 3 is 2.71 bits per heavy atom. The molecule has 0 aliphatic rings. The predicted molar refractivity (Wildman–Crippen MR) is 78.3 cm³/mol. The SMILES string of the molecule is Cc1ccc(C(=O)Nc2cc(-n3ccnc3)ncn2)cc1. The van der Waals surface area contributed by atoms with Gasteiger partial charge in [-0.3, -0.25) is 9.36 Å². The zero-order valence-corrected chi connectivity index (χ0v) is 11.4. The second-order valence-electron chi connectivity index (χ2n) is 4.55. The van der Waals surface area contributed by atoms with Crippen LogP contribution in [0.3, 0.4) is 0 Å². The van der Waals surface area contributed by atoms with Gasteiger partial charge in [0.1, 0.15) is 24.3 Å². The van der Waals surface area contributed by atoms with E-state index in [1.54, 1.807) is 41.5 Å². The highest BCUT2D eigenvalue weighted by molar-refractivity contribution is 6.03. The largest absolute Gasteiger partial charge is 0.306 e. The van der Waals surface area contributed by atoms with Crippen LogP contribution < -0.4 is 5.32 Å². The van der Waals surface area contributed by atoms with Gasteiger partial charge in [0, 0.05) is 24.0 Å². The van der Waals surface area contributed by atoms with E-state index in [0.29, 0.717) is 17.2 Å². The molecule has 1 N–H and O–H groups in total. The first-order valence-corrected chi connectivity index (χ1v) is 6.41. The molecular formula is C15H13N5O. The van der Waals surface area contributed by atoms with Gasteiger partial charge in [-0.1, -0.05) is 17.7 Å². The molecule has 0 bridgehead atoms. The van der Waals surface area contributed by atoms with Crippen molar-refractivity contribution in [2.24, 2.45) is 0 Å². The molecule has 0 aliphatic carbocycles. The number of benzene rings is 1. The molecule has 0 fully saturated rings. The monoisotopic (exact) mass is 279 g/mol. The van der Waals surface area contributed by atoms with Crippen molar-refractivity contribution in [3.8, 4) is 5.82 Å². The highest BCUT2D eigenvalue weighted by atomic mass is 16.1. The van der Waals surface area contributed by atoms with Crippen LogP contribution in [0.5, 0.6) is 0 Å². The maximum Gasteiger partial charge on any atom is 0.256 e. The minimum absolute atomic E-state index is 0.203. The van der Waals surface area contributed by atoms with Crippen molar-refractivity contribution in [3.05, 3.63) is 66.5 Å². The van der Waals surface area contributed by atoms with Gasteiger partial charge in [-0.2, -0.15) is 0 Å². The van der Waals surface area contributed by atoms with E-state index in [1.165, 1.54) is 6.33 Å². The van der Waals surface area contributed by atoms with E-state index in [9.17, 15) is 4.79 Å². The highest BCUT2D eigenvalue weighted by Crippen LogP contribution is 2.11. The van der Waals surface area contributed by atoms with E-state index in [2.05, 4.69) is 20.3 Å². The van der Waals surface area contributed by atoms with E-state index in [-0.39, 0.29) is 5.91 Å². The number of aryl methyl sites for hydroxylation is 1. The molecule has 0 radical (unpaired) electrons. The number of anilines is 1. The first-order valence-electron chi connectivity index (χ1n) is 6.41. The number of imidazole rings is 1. The molecular weight excluding hydrogens is 266 g/mol. The van der Waals surface area contributed by atoms with E-state index in [1.807, 2.05) is 19.1 Å². The van der Waals surface area contributed by atoms with Gasteiger partial charge >= 0.3 is 0 Å². The van der Waals surface area contributed by atoms with Crippen molar-refractivity contribution in [2.45, 2.75) is 6.92 Å². The van der Waals surface area contributed by atoms with Gasteiger partial charge in [-0.25, -0.2) is 15.0 Å². The van der Waals surface area contributed by atoms with Crippen LogP contribution in [0.4, 0.5) is 5.82 Å². The summed E-state index contributed by atoms with van der Waals surface area (Å²) < 4.78 is 1.74. The van der Waals surface area contributed by atoms with Crippen LogP contribution in [0.25, 0.3) is 5.82 Å². The lowest BCUT2D eigenvalue weighted by molar-refractivity contribution is 0.102. The van der Waals surface area contributed by atoms with Crippen LogP contribution in [-0.4, -0.2) is 25.4 Å². The third-order valence-electron chi connectivity index (χ3n) is 2.98. The molecule has 104 valence electrons. The van der Waals surface area contributed by atoms with Crippen molar-refractivity contribution in [1.29, 1.82) is 0 Å². The molecule has 2 aromatic heterocycles. The van der Waals surface area contributed by atoms with Crippen LogP contribution in [0.2, 0.25) is 0 Å². The van der Waals surface area contributed by atoms with Gasteiger partial charge in [0.05, 0.1) is 0 Å². The molecule has 0 saturated carbocycles. The molecule has 6 heteroatoms. The highest BCUT2D eigenvalue weighted by Gasteiger charge is 2.07. The number of carbonyl (C=O) groups excluding carboxylic acids is 1. The quantitative estimate of drug-likeness (QED) is 0.798. The summed E-state index contributed by atoms with van der Waals surface area (Å²) in [6, 6.07) is 9.04. The Kier molecular flexibility index (Phi) is 3.42. The maximum absolute atomic E-state index is 12.1. The minimum atomic E-state index is -0.203. The number of amides is 1. The van der Waals surface area contributed by atoms with Crippen molar-refractivity contribution in [1.82, 2.24) is 19.5 Å². The lowest BCUT2D eigenvalue weighted by atomic mass is 10.1. The molecule has 1 amide bonds. The predicted octanol–water partition coefficient (Wildman–Crippen LogP) is 2.22. The summed E-state index contributed by atoms with van der Waals surface area (Å²) in [6.45, 7) is 1.98. The number of nitrogens with zero attached hydrogens (tertiary/aromatic N) is 4. The molecule has 0 unspecified atom stereocenters. The number of carbonyl (C=O) groups is 1. The molecule has 0 atom stereocenters. The van der Waals surface area contributed by atoms with Crippen molar-refractivity contribution >= 4 is 11.7 Å². The fourth-order valence-electron chi connectivity index (χ4n) is 1.84. The Hall–Kier alpha value is -3.02. The van der Waals surface area contributed by atoms with Gasteiger partial charge < -0.3 is 5.32 Å². The third kappa shape index (κ3) is 2.94. The molecule has 3 aromatic rings. The molecule has 1 aromatic carbocycles. The normalized spacial score (nSPS) is 10.3. The Bertz CT molecular complexity index is 750. The Labute approximate surface area is 121 Å². The zero-order valence-electron chi connectivity index (χ0n) is 11.4. The molecule has 0 spiro atoms. The summed E-state index contributed by atoms with van der Waals surface area (Å²) in [5.74, 6) is 0.881. The van der Waals surface area contributed by atoms with Gasteiger partial charge in [0.15, 0.2) is 0 Å². The average molecular weight is 279 g/mol. The van der Waals surface area contributed by atoms with Crippen molar-refractivity contribution in [2.75, 3.05) is 5.32 Å². The average Bonchev–Trinajstić information content (AvgIpc) is 3.02. The number of hydrogen-bond donors (Lipinski definition) is 1. The molecule has 0 aliphatic heterocycles. The van der Waals surface area contributed by atoms with Crippen LogP contribution in [-0.2, 0) is 0 Å². The van der Waals surface area contributed by atoms with Gasteiger partial charge in [0.2, 0.25) is 0 Å². The third-order valence-corrected chi connectivity index (χ3v) is 2.98. The fourth-order valence-corrected chi connectivity index (χ4v) is 1.84. The number of hydrogen-bond acceptors (Lipinski definition) is 4. The molecule has 2 heterocycles. The standard InChI is InChI=1S/C15H13N5O/c1-11-2-4-12(5-3-11)15(21)19-13-8-14(18-9-17-13)20-7-6-16-10-20/h2-10H,1H3,(H,17,18,19,21). The van der Waals surface area contributed by atoms with Gasteiger partial charge in [0.25, 0.3) is 5.91 Å². The topological polar surface area (TPSA) is 72.7 Å². The van der Waals surface area contributed by atoms with Gasteiger partial charge in [-0.15, -0.1) is 0 Å². The van der Waals surface area contributed by atoms with E-state index in [4.69, 9.17) is 0 Å².